The lowest BCUT2D eigenvalue weighted by Crippen LogP contribution is -2.33. The Bertz CT molecular complexity index is 507. The largest absolute Gasteiger partial charge is 0.465 e. The summed E-state index contributed by atoms with van der Waals surface area (Å²) in [5, 5.41) is 17.8. The van der Waals surface area contributed by atoms with E-state index in [2.05, 4.69) is 0 Å². The molecule has 94 valence electrons. The average molecular weight is 252 g/mol. The summed E-state index contributed by atoms with van der Waals surface area (Å²) in [7, 11) is 0. The molecule has 1 aliphatic rings. The molecule has 1 N–H and O–H groups in total. The molecule has 1 fully saturated rings. The second kappa shape index (κ2) is 4.61. The number of carbonyl (C=O) groups is 1. The molecule has 2 rings (SSSR count). The van der Waals surface area contributed by atoms with Gasteiger partial charge in [0.15, 0.2) is 0 Å². The van der Waals surface area contributed by atoms with Gasteiger partial charge in [0.25, 0.3) is 0 Å². The van der Waals surface area contributed by atoms with E-state index < -0.39 is 23.8 Å². The zero-order valence-corrected chi connectivity index (χ0v) is 9.31. The van der Waals surface area contributed by atoms with Gasteiger partial charge < -0.3 is 5.11 Å². The summed E-state index contributed by atoms with van der Waals surface area (Å²) < 4.78 is 26.2. The average Bonchev–Trinajstić information content (AvgIpc) is 2.71. The second-order valence-corrected chi connectivity index (χ2v) is 4.22. The van der Waals surface area contributed by atoms with Crippen LogP contribution in [0, 0.1) is 23.0 Å². The number of nitrogens with zero attached hydrogens (tertiary/aromatic N) is 2. The van der Waals surface area contributed by atoms with Crippen LogP contribution in [0.4, 0.5) is 13.6 Å². The summed E-state index contributed by atoms with van der Waals surface area (Å²) in [4.78, 5) is 11.9. The Kier molecular flexibility index (Phi) is 3.15. The lowest BCUT2D eigenvalue weighted by molar-refractivity contribution is 0.148. The van der Waals surface area contributed by atoms with E-state index in [1.54, 1.807) is 0 Å². The number of benzene rings is 1. The minimum atomic E-state index is -1.19. The van der Waals surface area contributed by atoms with Gasteiger partial charge in [-0.15, -0.1) is 0 Å². The smallest absolute Gasteiger partial charge is 0.408 e. The van der Waals surface area contributed by atoms with E-state index in [1.165, 1.54) is 12.1 Å². The molecule has 1 aliphatic heterocycles. The van der Waals surface area contributed by atoms with Crippen LogP contribution >= 0.6 is 0 Å². The fraction of sp³-hybridized carbons (Fsp3) is 0.333. The van der Waals surface area contributed by atoms with Crippen molar-refractivity contribution in [2.75, 3.05) is 6.54 Å². The van der Waals surface area contributed by atoms with Crippen LogP contribution < -0.4 is 0 Å². The van der Waals surface area contributed by atoms with Crippen molar-refractivity contribution < 1.29 is 18.7 Å². The van der Waals surface area contributed by atoms with Crippen molar-refractivity contribution in [2.24, 2.45) is 0 Å². The predicted molar refractivity (Wildman–Crippen MR) is 57.8 cm³/mol. The van der Waals surface area contributed by atoms with Crippen LogP contribution in [-0.4, -0.2) is 28.7 Å². The Morgan fingerprint density at radius 1 is 1.39 bits per heavy atom. The molecular formula is C12H10F2N2O2. The molecule has 0 radical (unpaired) electrons. The normalized spacial score (nSPS) is 22.8. The van der Waals surface area contributed by atoms with Gasteiger partial charge in [0.05, 0.1) is 6.07 Å². The van der Waals surface area contributed by atoms with Crippen molar-refractivity contribution in [3.63, 3.8) is 0 Å². The minimum Gasteiger partial charge on any atom is -0.465 e. The second-order valence-electron chi connectivity index (χ2n) is 4.22. The first-order valence-electron chi connectivity index (χ1n) is 5.36. The lowest BCUT2D eigenvalue weighted by atomic mass is 9.96. The number of likely N-dealkylation sites (tertiary alicyclic amines) is 1. The van der Waals surface area contributed by atoms with Crippen LogP contribution in [0.15, 0.2) is 18.2 Å². The van der Waals surface area contributed by atoms with E-state index in [9.17, 15) is 13.6 Å². The minimum absolute atomic E-state index is 0.0798. The molecule has 6 heteroatoms. The molecular weight excluding hydrogens is 242 g/mol. The van der Waals surface area contributed by atoms with E-state index in [4.69, 9.17) is 10.4 Å². The zero-order valence-electron chi connectivity index (χ0n) is 9.31. The van der Waals surface area contributed by atoms with E-state index >= 15 is 0 Å². The third-order valence-corrected chi connectivity index (χ3v) is 3.05. The molecule has 18 heavy (non-hydrogen) atoms. The summed E-state index contributed by atoms with van der Waals surface area (Å²) in [6, 6.07) is 4.22. The van der Waals surface area contributed by atoms with Crippen LogP contribution in [0.2, 0.25) is 0 Å². The number of hydrogen-bond acceptors (Lipinski definition) is 2. The van der Waals surface area contributed by atoms with Gasteiger partial charge in [0.2, 0.25) is 0 Å². The van der Waals surface area contributed by atoms with Gasteiger partial charge >= 0.3 is 6.09 Å². The molecule has 0 saturated carbocycles. The number of hydrogen-bond donors (Lipinski definition) is 1. The number of halogens is 2. The molecule has 4 nitrogen and oxygen atoms in total. The van der Waals surface area contributed by atoms with Gasteiger partial charge in [-0.3, -0.25) is 4.90 Å². The third-order valence-electron chi connectivity index (χ3n) is 3.05. The van der Waals surface area contributed by atoms with Gasteiger partial charge in [0, 0.05) is 18.5 Å². The van der Waals surface area contributed by atoms with Crippen molar-refractivity contribution in [3.05, 3.63) is 35.4 Å². The Hall–Kier alpha value is -2.16. The third kappa shape index (κ3) is 2.25. The quantitative estimate of drug-likeness (QED) is 0.834. The maximum absolute atomic E-state index is 13.1. The lowest BCUT2D eigenvalue weighted by Gasteiger charge is -2.14. The highest BCUT2D eigenvalue weighted by Crippen LogP contribution is 2.32. The molecule has 2 atom stereocenters. The van der Waals surface area contributed by atoms with E-state index in [-0.39, 0.29) is 18.9 Å². The molecule has 0 aliphatic carbocycles. The summed E-state index contributed by atoms with van der Waals surface area (Å²) >= 11 is 0. The molecule has 1 amide bonds. The highest BCUT2D eigenvalue weighted by molar-refractivity contribution is 5.66. The van der Waals surface area contributed by atoms with Gasteiger partial charge in [-0.05, 0) is 24.1 Å². The van der Waals surface area contributed by atoms with Gasteiger partial charge in [-0.1, -0.05) is 0 Å². The summed E-state index contributed by atoms with van der Waals surface area (Å²) in [6.07, 6.45) is -0.938. The summed E-state index contributed by atoms with van der Waals surface area (Å²) in [5.41, 5.74) is 0.386. The number of nitriles is 1. The van der Waals surface area contributed by atoms with Crippen LogP contribution in [-0.2, 0) is 0 Å². The predicted octanol–water partition coefficient (Wildman–Crippen LogP) is 2.32. The van der Waals surface area contributed by atoms with Crippen LogP contribution in [0.25, 0.3) is 0 Å². The van der Waals surface area contributed by atoms with Gasteiger partial charge in [0.1, 0.15) is 17.7 Å². The SMILES string of the molecule is N#CC1CC(c2cc(F)cc(F)c2)CN1C(=O)O. The Labute approximate surface area is 102 Å². The monoisotopic (exact) mass is 252 g/mol. The fourth-order valence-corrected chi connectivity index (χ4v) is 2.22. The number of rotatable bonds is 1. The number of carboxylic acid groups (broad SMARTS) is 1. The van der Waals surface area contributed by atoms with Crippen molar-refractivity contribution >= 4 is 6.09 Å². The van der Waals surface area contributed by atoms with Gasteiger partial charge in [-0.25, -0.2) is 13.6 Å². The Balaban J connectivity index is 2.26. The molecule has 2 unspecified atom stereocenters. The topological polar surface area (TPSA) is 64.3 Å². The van der Waals surface area contributed by atoms with Gasteiger partial charge in [-0.2, -0.15) is 5.26 Å². The van der Waals surface area contributed by atoms with Crippen molar-refractivity contribution in [3.8, 4) is 6.07 Å². The van der Waals surface area contributed by atoms with E-state index in [0.717, 1.165) is 11.0 Å². The maximum Gasteiger partial charge on any atom is 0.408 e. The maximum atomic E-state index is 13.1. The van der Waals surface area contributed by atoms with E-state index in [0.29, 0.717) is 5.56 Å². The number of amides is 1. The standard InChI is InChI=1S/C12H10F2N2O2/c13-9-1-7(2-10(14)4-9)8-3-11(5-15)16(6-8)12(17)18/h1-2,4,8,11H,3,6H2,(H,17,18). The Morgan fingerprint density at radius 2 is 2.00 bits per heavy atom. The first kappa shape index (κ1) is 12.3. The molecule has 0 bridgehead atoms. The molecule has 1 aromatic rings. The van der Waals surface area contributed by atoms with Crippen LogP contribution in [0.1, 0.15) is 17.9 Å². The summed E-state index contributed by atoms with van der Waals surface area (Å²) in [6.45, 7) is 0.0798. The highest BCUT2D eigenvalue weighted by Gasteiger charge is 2.36. The molecule has 1 saturated heterocycles. The van der Waals surface area contributed by atoms with Crippen molar-refractivity contribution in [1.82, 2.24) is 4.90 Å². The highest BCUT2D eigenvalue weighted by atomic mass is 19.1. The zero-order chi connectivity index (χ0) is 13.3. The Morgan fingerprint density at radius 3 is 2.44 bits per heavy atom. The first-order valence-corrected chi connectivity index (χ1v) is 5.36. The van der Waals surface area contributed by atoms with E-state index in [1.807, 2.05) is 6.07 Å². The fourth-order valence-electron chi connectivity index (χ4n) is 2.22. The summed E-state index contributed by atoms with van der Waals surface area (Å²) in [5.74, 6) is -1.75. The van der Waals surface area contributed by atoms with Crippen molar-refractivity contribution in [1.29, 1.82) is 5.26 Å². The van der Waals surface area contributed by atoms with Crippen LogP contribution in [0.3, 0.4) is 0 Å². The molecule has 1 heterocycles. The molecule has 0 spiro atoms. The molecule has 0 aromatic heterocycles. The van der Waals surface area contributed by atoms with Crippen LogP contribution in [0.5, 0.6) is 0 Å². The first-order chi connectivity index (χ1) is 8.51. The molecule has 1 aromatic carbocycles. The van der Waals surface area contributed by atoms with Crippen molar-refractivity contribution in [2.45, 2.75) is 18.4 Å².